The zero-order valence-corrected chi connectivity index (χ0v) is 22.1. The van der Waals surface area contributed by atoms with Crippen molar-refractivity contribution in [2.75, 3.05) is 6.61 Å². The summed E-state index contributed by atoms with van der Waals surface area (Å²) in [6.07, 6.45) is 16.7. The molecule has 0 aliphatic rings. The Labute approximate surface area is 217 Å². The number of imidazole rings is 1. The zero-order valence-electron chi connectivity index (χ0n) is 21.3. The number of halogens is 3. The van der Waals surface area contributed by atoms with Crippen LogP contribution in [0.3, 0.4) is 0 Å². The van der Waals surface area contributed by atoms with Gasteiger partial charge in [-0.3, -0.25) is 0 Å². The van der Waals surface area contributed by atoms with Crippen LogP contribution >= 0.6 is 0 Å². The van der Waals surface area contributed by atoms with Gasteiger partial charge in [0.2, 0.25) is 0 Å². The van der Waals surface area contributed by atoms with Gasteiger partial charge in [-0.15, -0.1) is 0 Å². The number of aryl methyl sites for hydroxylation is 2. The summed E-state index contributed by atoms with van der Waals surface area (Å²) in [5, 5.41) is 0. The molecule has 37 heavy (non-hydrogen) atoms. The molecule has 11 heteroatoms. The van der Waals surface area contributed by atoms with Gasteiger partial charge in [0.15, 0.2) is 10.1 Å². The van der Waals surface area contributed by atoms with Crippen LogP contribution in [0.25, 0.3) is 11.4 Å². The van der Waals surface area contributed by atoms with Gasteiger partial charge in [-0.1, -0.05) is 63.3 Å². The first kappa shape index (κ1) is 32.4. The minimum Gasteiger partial charge on any atom is -0.741 e. The number of hydrogen-bond donors (Lipinski definition) is 0. The molecule has 0 saturated carbocycles. The molecule has 0 unspecified atom stereocenters. The minimum atomic E-state index is -6.09. The first-order chi connectivity index (χ1) is 17.5. The number of ether oxygens (including phenoxy) is 1. The monoisotopic (exact) mass is 546 g/mol. The summed E-state index contributed by atoms with van der Waals surface area (Å²) in [5.74, 6) is 0.997. The van der Waals surface area contributed by atoms with Crippen molar-refractivity contribution in [3.63, 3.8) is 0 Å². The summed E-state index contributed by atoms with van der Waals surface area (Å²) in [6.45, 7) is 8.19. The second kappa shape index (κ2) is 17.0. The molecule has 0 saturated heterocycles. The number of carbonyl (C=O) groups is 1. The molecule has 0 N–H and O–H groups in total. The Morgan fingerprint density at radius 1 is 1.03 bits per heavy atom. The van der Waals surface area contributed by atoms with Crippen LogP contribution in [0.2, 0.25) is 0 Å². The zero-order chi connectivity index (χ0) is 27.7. The SMILES string of the molecule is C=CC(=O)OCCCCCCCCCCCn1cc[n+](CC)c1-c1ccccc1.O=S(=O)([O-])C(F)(F)F. The Morgan fingerprint density at radius 3 is 2.03 bits per heavy atom. The van der Waals surface area contributed by atoms with Crippen LogP contribution in [0.15, 0.2) is 55.4 Å². The summed E-state index contributed by atoms with van der Waals surface area (Å²) in [4.78, 5) is 10.9. The van der Waals surface area contributed by atoms with E-state index >= 15 is 0 Å². The molecule has 0 amide bonds. The third kappa shape index (κ3) is 12.9. The van der Waals surface area contributed by atoms with Crippen LogP contribution in [0.4, 0.5) is 13.2 Å². The number of aromatic nitrogens is 2. The number of benzene rings is 1. The molecule has 0 aliphatic heterocycles. The van der Waals surface area contributed by atoms with Gasteiger partial charge in [0, 0.05) is 6.08 Å². The number of nitrogens with zero attached hydrogens (tertiary/aromatic N) is 2. The molecule has 2 rings (SSSR count). The molecule has 1 aromatic heterocycles. The molecule has 0 bridgehead atoms. The smallest absolute Gasteiger partial charge is 0.485 e. The van der Waals surface area contributed by atoms with Gasteiger partial charge in [-0.2, -0.15) is 13.2 Å². The summed E-state index contributed by atoms with van der Waals surface area (Å²) in [6, 6.07) is 10.7. The molecule has 0 atom stereocenters. The van der Waals surface area contributed by atoms with Crippen LogP contribution in [0, 0.1) is 0 Å². The standard InChI is InChI=1S/C25H37N2O2.CHF3O3S/c1-3-24(28)29-22-16-11-9-7-5-6-8-10-15-19-27-21-20-26(4-2)25(27)23-17-13-12-14-18-23;2-1(3,4)8(5,6)7/h3,12-14,17-18,20-21H,1,4-11,15-16,19,22H2,2H3;(H,5,6,7)/q+1;/p-1. The molecular formula is C26H37F3N2O5S. The topological polar surface area (TPSA) is 92.3 Å². The highest BCUT2D eigenvalue weighted by Crippen LogP contribution is 2.20. The number of carbonyl (C=O) groups excluding carboxylic acids is 1. The number of esters is 1. The molecule has 2 aromatic rings. The Balaban J connectivity index is 0.000000738. The van der Waals surface area contributed by atoms with E-state index in [9.17, 15) is 18.0 Å². The van der Waals surface area contributed by atoms with Crippen molar-refractivity contribution in [1.29, 1.82) is 0 Å². The highest BCUT2D eigenvalue weighted by Gasteiger charge is 2.36. The number of rotatable bonds is 15. The predicted molar refractivity (Wildman–Crippen MR) is 134 cm³/mol. The van der Waals surface area contributed by atoms with Crippen LogP contribution < -0.4 is 4.57 Å². The van der Waals surface area contributed by atoms with E-state index in [0.29, 0.717) is 6.61 Å². The van der Waals surface area contributed by atoms with Crippen LogP contribution in [-0.2, 0) is 32.7 Å². The fourth-order valence-electron chi connectivity index (χ4n) is 3.67. The Hall–Kier alpha value is -2.66. The van der Waals surface area contributed by atoms with Crippen LogP contribution in [0.5, 0.6) is 0 Å². The van der Waals surface area contributed by atoms with Gasteiger partial charge in [-0.05, 0) is 38.3 Å². The van der Waals surface area contributed by atoms with Crippen molar-refractivity contribution in [1.82, 2.24) is 4.57 Å². The minimum absolute atomic E-state index is 0.315. The maximum atomic E-state index is 10.9. The van der Waals surface area contributed by atoms with Gasteiger partial charge in [0.05, 0.1) is 25.3 Å². The van der Waals surface area contributed by atoms with Crippen molar-refractivity contribution < 1.29 is 40.2 Å². The van der Waals surface area contributed by atoms with E-state index < -0.39 is 15.6 Å². The molecule has 1 aromatic carbocycles. The maximum Gasteiger partial charge on any atom is 0.485 e. The average Bonchev–Trinajstić information content (AvgIpc) is 3.27. The molecular weight excluding hydrogens is 509 g/mol. The van der Waals surface area contributed by atoms with E-state index in [4.69, 9.17) is 17.7 Å². The second-order valence-corrected chi connectivity index (χ2v) is 9.79. The Morgan fingerprint density at radius 2 is 1.54 bits per heavy atom. The largest absolute Gasteiger partial charge is 0.741 e. The molecule has 0 fully saturated rings. The van der Waals surface area contributed by atoms with Gasteiger partial charge in [0.25, 0.3) is 5.82 Å². The molecule has 1 heterocycles. The molecule has 7 nitrogen and oxygen atoms in total. The Bertz CT molecular complexity index is 1040. The van der Waals surface area contributed by atoms with Crippen molar-refractivity contribution in [3.8, 4) is 11.4 Å². The lowest BCUT2D eigenvalue weighted by Crippen LogP contribution is -2.33. The van der Waals surface area contributed by atoms with E-state index in [0.717, 1.165) is 25.9 Å². The second-order valence-electron chi connectivity index (χ2n) is 8.42. The van der Waals surface area contributed by atoms with Gasteiger partial charge in [-0.25, -0.2) is 22.3 Å². The highest BCUT2D eigenvalue weighted by atomic mass is 32.2. The summed E-state index contributed by atoms with van der Waals surface area (Å²) in [7, 11) is -6.09. The van der Waals surface area contributed by atoms with Gasteiger partial charge < -0.3 is 9.29 Å². The molecule has 0 radical (unpaired) electrons. The highest BCUT2D eigenvalue weighted by molar-refractivity contribution is 7.86. The maximum absolute atomic E-state index is 10.9. The van der Waals surface area contributed by atoms with E-state index in [1.165, 1.54) is 62.4 Å². The lowest BCUT2D eigenvalue weighted by Gasteiger charge is -2.08. The van der Waals surface area contributed by atoms with E-state index in [1.54, 1.807) is 0 Å². The fraction of sp³-hybridized carbons (Fsp3) is 0.538. The predicted octanol–water partition coefficient (Wildman–Crippen LogP) is 5.75. The summed E-state index contributed by atoms with van der Waals surface area (Å²) >= 11 is 0. The summed E-state index contributed by atoms with van der Waals surface area (Å²) < 4.78 is 68.6. The Kier molecular flexibility index (Phi) is 14.8. The molecule has 0 spiro atoms. The van der Waals surface area contributed by atoms with Crippen molar-refractivity contribution in [2.45, 2.75) is 83.3 Å². The van der Waals surface area contributed by atoms with Gasteiger partial charge in [0.1, 0.15) is 12.4 Å². The third-order valence-electron chi connectivity index (χ3n) is 5.58. The first-order valence-corrected chi connectivity index (χ1v) is 13.9. The van der Waals surface area contributed by atoms with Gasteiger partial charge >= 0.3 is 11.5 Å². The van der Waals surface area contributed by atoms with Crippen molar-refractivity contribution >= 4 is 16.1 Å². The quantitative estimate of drug-likeness (QED) is 0.0708. The lowest BCUT2D eigenvalue weighted by atomic mass is 10.1. The van der Waals surface area contributed by atoms with Crippen molar-refractivity contribution in [3.05, 3.63) is 55.4 Å². The lowest BCUT2D eigenvalue weighted by molar-refractivity contribution is -0.682. The number of hydrogen-bond acceptors (Lipinski definition) is 5. The van der Waals surface area contributed by atoms with Crippen molar-refractivity contribution in [2.24, 2.45) is 0 Å². The summed E-state index contributed by atoms with van der Waals surface area (Å²) in [5.41, 5.74) is -4.36. The van der Waals surface area contributed by atoms with E-state index in [1.807, 2.05) is 0 Å². The van der Waals surface area contributed by atoms with Crippen LogP contribution in [0.1, 0.15) is 64.7 Å². The third-order valence-corrected chi connectivity index (χ3v) is 6.15. The molecule has 208 valence electrons. The first-order valence-electron chi connectivity index (χ1n) is 12.5. The van der Waals surface area contributed by atoms with E-state index in [-0.39, 0.29) is 5.97 Å². The molecule has 0 aliphatic carbocycles. The number of unbranched alkanes of at least 4 members (excludes halogenated alkanes) is 8. The van der Waals surface area contributed by atoms with Crippen LogP contribution in [-0.4, -0.2) is 35.6 Å². The van der Waals surface area contributed by atoms with E-state index in [2.05, 4.69) is 65.4 Å². The average molecular weight is 547 g/mol. The fourth-order valence-corrected chi connectivity index (χ4v) is 3.67. The number of alkyl halides is 3. The normalized spacial score (nSPS) is 11.5.